The fourth-order valence-electron chi connectivity index (χ4n) is 2.44. The second-order valence-electron chi connectivity index (χ2n) is 5.50. The number of hydrogen-bond acceptors (Lipinski definition) is 5. The molecule has 0 saturated carbocycles. The van der Waals surface area contributed by atoms with E-state index in [1.54, 1.807) is 4.90 Å². The summed E-state index contributed by atoms with van der Waals surface area (Å²) in [6, 6.07) is 3.66. The Bertz CT molecular complexity index is 536. The first-order valence-corrected chi connectivity index (χ1v) is 8.76. The van der Waals surface area contributed by atoms with Crippen LogP contribution in [0.15, 0.2) is 17.5 Å². The van der Waals surface area contributed by atoms with Crippen LogP contribution in [0.2, 0.25) is 0 Å². The Balaban J connectivity index is 1.72. The first-order chi connectivity index (χ1) is 11.1. The highest BCUT2D eigenvalue weighted by molar-refractivity contribution is 7.12. The van der Waals surface area contributed by atoms with Gasteiger partial charge in [0, 0.05) is 19.6 Å². The molecule has 1 aromatic rings. The zero-order chi connectivity index (χ0) is 16.7. The summed E-state index contributed by atoms with van der Waals surface area (Å²) in [5, 5.41) is 4.54. The SMILES string of the molecule is CCCNC(=O)COC(=O)C1CCN(C(=O)c2cccs2)CC1. The second-order valence-corrected chi connectivity index (χ2v) is 6.45. The molecule has 0 spiro atoms. The van der Waals surface area contributed by atoms with Crippen molar-refractivity contribution in [3.05, 3.63) is 22.4 Å². The van der Waals surface area contributed by atoms with E-state index < -0.39 is 0 Å². The number of rotatable bonds is 6. The van der Waals surface area contributed by atoms with Gasteiger partial charge in [-0.15, -0.1) is 11.3 Å². The van der Waals surface area contributed by atoms with Gasteiger partial charge in [-0.2, -0.15) is 0 Å². The van der Waals surface area contributed by atoms with Crippen molar-refractivity contribution in [3.8, 4) is 0 Å². The molecule has 1 aromatic heterocycles. The maximum absolute atomic E-state index is 12.2. The summed E-state index contributed by atoms with van der Waals surface area (Å²) in [7, 11) is 0. The maximum atomic E-state index is 12.2. The molecule has 1 saturated heterocycles. The summed E-state index contributed by atoms with van der Waals surface area (Å²) in [5.74, 6) is -0.836. The molecule has 0 aliphatic carbocycles. The van der Waals surface area contributed by atoms with Crippen LogP contribution < -0.4 is 5.32 Å². The van der Waals surface area contributed by atoms with Gasteiger partial charge in [-0.3, -0.25) is 14.4 Å². The fourth-order valence-corrected chi connectivity index (χ4v) is 3.14. The molecule has 0 radical (unpaired) electrons. The van der Waals surface area contributed by atoms with Crippen LogP contribution in [0.3, 0.4) is 0 Å². The van der Waals surface area contributed by atoms with Crippen molar-refractivity contribution in [1.82, 2.24) is 10.2 Å². The van der Waals surface area contributed by atoms with E-state index in [9.17, 15) is 14.4 Å². The minimum absolute atomic E-state index is 0.0192. The van der Waals surface area contributed by atoms with E-state index in [0.29, 0.717) is 32.5 Å². The number of thiophene rings is 1. The van der Waals surface area contributed by atoms with Crippen LogP contribution in [0.1, 0.15) is 35.9 Å². The maximum Gasteiger partial charge on any atom is 0.309 e. The highest BCUT2D eigenvalue weighted by Crippen LogP contribution is 2.21. The number of amides is 2. The second kappa shape index (κ2) is 8.67. The summed E-state index contributed by atoms with van der Waals surface area (Å²) < 4.78 is 5.06. The van der Waals surface area contributed by atoms with Crippen molar-refractivity contribution in [2.75, 3.05) is 26.2 Å². The molecule has 2 rings (SSSR count). The summed E-state index contributed by atoms with van der Waals surface area (Å²) in [6.07, 6.45) is 2.00. The van der Waals surface area contributed by atoms with Crippen molar-refractivity contribution < 1.29 is 19.1 Å². The van der Waals surface area contributed by atoms with Crippen LogP contribution in [-0.2, 0) is 14.3 Å². The Labute approximate surface area is 139 Å². The third kappa shape index (κ3) is 5.06. The average molecular weight is 338 g/mol. The Morgan fingerprint density at radius 2 is 2.09 bits per heavy atom. The van der Waals surface area contributed by atoms with Gasteiger partial charge in [-0.25, -0.2) is 0 Å². The number of carbonyl (C=O) groups excluding carboxylic acids is 3. The van der Waals surface area contributed by atoms with E-state index in [-0.39, 0.29) is 30.3 Å². The molecule has 126 valence electrons. The molecule has 1 N–H and O–H groups in total. The topological polar surface area (TPSA) is 75.7 Å². The van der Waals surface area contributed by atoms with Crippen LogP contribution in [0, 0.1) is 5.92 Å². The lowest BCUT2D eigenvalue weighted by atomic mass is 9.97. The highest BCUT2D eigenvalue weighted by Gasteiger charge is 2.29. The van der Waals surface area contributed by atoms with Gasteiger partial charge in [0.15, 0.2) is 6.61 Å². The van der Waals surface area contributed by atoms with Gasteiger partial charge in [0.1, 0.15) is 0 Å². The normalized spacial score (nSPS) is 15.3. The van der Waals surface area contributed by atoms with Crippen molar-refractivity contribution in [1.29, 1.82) is 0 Å². The van der Waals surface area contributed by atoms with Crippen LogP contribution in [0.25, 0.3) is 0 Å². The zero-order valence-electron chi connectivity index (χ0n) is 13.2. The number of ether oxygens (including phenoxy) is 1. The van der Waals surface area contributed by atoms with Gasteiger partial charge in [-0.05, 0) is 30.7 Å². The molecule has 23 heavy (non-hydrogen) atoms. The molecule has 6 nitrogen and oxygen atoms in total. The van der Waals surface area contributed by atoms with E-state index in [0.717, 1.165) is 11.3 Å². The predicted octanol–water partition coefficient (Wildman–Crippen LogP) is 1.67. The first kappa shape index (κ1) is 17.5. The molecular weight excluding hydrogens is 316 g/mol. The Kier molecular flexibility index (Phi) is 6.58. The van der Waals surface area contributed by atoms with E-state index in [4.69, 9.17) is 4.74 Å². The van der Waals surface area contributed by atoms with Crippen molar-refractivity contribution in [3.63, 3.8) is 0 Å². The quantitative estimate of drug-likeness (QED) is 0.801. The molecule has 1 fully saturated rings. The van der Waals surface area contributed by atoms with Gasteiger partial charge in [0.05, 0.1) is 10.8 Å². The number of esters is 1. The van der Waals surface area contributed by atoms with Crippen molar-refractivity contribution in [2.24, 2.45) is 5.92 Å². The van der Waals surface area contributed by atoms with Gasteiger partial charge < -0.3 is 15.0 Å². The van der Waals surface area contributed by atoms with Gasteiger partial charge in [0.2, 0.25) is 0 Å². The zero-order valence-corrected chi connectivity index (χ0v) is 14.1. The number of hydrogen-bond donors (Lipinski definition) is 1. The minimum Gasteiger partial charge on any atom is -0.455 e. The first-order valence-electron chi connectivity index (χ1n) is 7.88. The van der Waals surface area contributed by atoms with Crippen LogP contribution in [0.5, 0.6) is 0 Å². The fraction of sp³-hybridized carbons (Fsp3) is 0.562. The van der Waals surface area contributed by atoms with E-state index in [2.05, 4.69) is 5.32 Å². The standard InChI is InChI=1S/C16H22N2O4S/c1-2-7-17-14(19)11-22-16(21)12-5-8-18(9-6-12)15(20)13-4-3-10-23-13/h3-4,10,12H,2,5-9,11H2,1H3,(H,17,19). The molecule has 7 heteroatoms. The third-order valence-electron chi connectivity index (χ3n) is 3.77. The third-order valence-corrected chi connectivity index (χ3v) is 4.62. The van der Waals surface area contributed by atoms with Crippen LogP contribution >= 0.6 is 11.3 Å². The van der Waals surface area contributed by atoms with E-state index in [1.807, 2.05) is 24.4 Å². The molecule has 1 aliphatic rings. The highest BCUT2D eigenvalue weighted by atomic mass is 32.1. The minimum atomic E-state index is -0.347. The molecule has 1 aliphatic heterocycles. The lowest BCUT2D eigenvalue weighted by Gasteiger charge is -2.30. The molecule has 2 amide bonds. The number of nitrogens with zero attached hydrogens (tertiary/aromatic N) is 1. The molecule has 0 aromatic carbocycles. The Morgan fingerprint density at radius 3 is 2.70 bits per heavy atom. The number of likely N-dealkylation sites (tertiary alicyclic amines) is 1. The molecular formula is C16H22N2O4S. The lowest BCUT2D eigenvalue weighted by molar-refractivity contribution is -0.153. The van der Waals surface area contributed by atoms with E-state index in [1.165, 1.54) is 11.3 Å². The van der Waals surface area contributed by atoms with Crippen molar-refractivity contribution >= 4 is 29.1 Å². The molecule has 0 unspecified atom stereocenters. The monoisotopic (exact) mass is 338 g/mol. The number of piperidine rings is 1. The Morgan fingerprint density at radius 1 is 1.35 bits per heavy atom. The smallest absolute Gasteiger partial charge is 0.309 e. The van der Waals surface area contributed by atoms with E-state index >= 15 is 0 Å². The Hall–Kier alpha value is -1.89. The summed E-state index contributed by atoms with van der Waals surface area (Å²) in [4.78, 5) is 38.1. The number of nitrogens with one attached hydrogen (secondary N) is 1. The molecule has 2 heterocycles. The average Bonchev–Trinajstić information content (AvgIpc) is 3.11. The lowest BCUT2D eigenvalue weighted by Crippen LogP contribution is -2.41. The predicted molar refractivity (Wildman–Crippen MR) is 87.2 cm³/mol. The van der Waals surface area contributed by atoms with Gasteiger partial charge in [-0.1, -0.05) is 13.0 Å². The summed E-state index contributed by atoms with van der Waals surface area (Å²) >= 11 is 1.42. The van der Waals surface area contributed by atoms with Crippen LogP contribution in [0.4, 0.5) is 0 Å². The number of carbonyl (C=O) groups is 3. The summed E-state index contributed by atoms with van der Waals surface area (Å²) in [5.41, 5.74) is 0. The molecule has 0 atom stereocenters. The van der Waals surface area contributed by atoms with Gasteiger partial charge >= 0.3 is 5.97 Å². The van der Waals surface area contributed by atoms with Gasteiger partial charge in [0.25, 0.3) is 11.8 Å². The van der Waals surface area contributed by atoms with Crippen molar-refractivity contribution in [2.45, 2.75) is 26.2 Å². The van der Waals surface area contributed by atoms with Crippen LogP contribution in [-0.4, -0.2) is 48.9 Å². The summed E-state index contributed by atoms with van der Waals surface area (Å²) in [6.45, 7) is 3.39. The largest absolute Gasteiger partial charge is 0.455 e. The molecule has 0 bridgehead atoms.